The van der Waals surface area contributed by atoms with Crippen LogP contribution in [0.4, 0.5) is 0 Å². The number of carbonyl (C=O) groups excluding carboxylic acids is 1. The maximum atomic E-state index is 11.7. The Hall–Kier alpha value is -1.88. The van der Waals surface area contributed by atoms with Gasteiger partial charge in [-0.3, -0.25) is 4.79 Å². The molecule has 1 saturated carbocycles. The first-order chi connectivity index (χ1) is 10.2. The van der Waals surface area contributed by atoms with Crippen molar-refractivity contribution in [3.63, 3.8) is 0 Å². The highest BCUT2D eigenvalue weighted by atomic mass is 32.1. The van der Waals surface area contributed by atoms with Gasteiger partial charge in [-0.2, -0.15) is 0 Å². The topological polar surface area (TPSA) is 62.2 Å². The fourth-order valence-corrected chi connectivity index (χ4v) is 3.11. The number of nitrogens with zero attached hydrogens (tertiary/aromatic N) is 1. The van der Waals surface area contributed by atoms with Gasteiger partial charge in [-0.25, -0.2) is 4.98 Å². The Labute approximate surface area is 127 Å². The molecule has 21 heavy (non-hydrogen) atoms. The Morgan fingerprint density at radius 3 is 2.76 bits per heavy atom. The van der Waals surface area contributed by atoms with Gasteiger partial charge in [0.2, 0.25) is 5.91 Å². The minimum absolute atomic E-state index is 0.191. The summed E-state index contributed by atoms with van der Waals surface area (Å²) in [4.78, 5) is 16.3. The molecular weight excluding hydrogens is 284 g/mol. The molecule has 1 fully saturated rings. The predicted molar refractivity (Wildman–Crippen MR) is 83.3 cm³/mol. The molecule has 1 aromatic heterocycles. The summed E-state index contributed by atoms with van der Waals surface area (Å²) in [5.41, 5.74) is 1.91. The second-order valence-electron chi connectivity index (χ2n) is 5.34. The first-order valence-electron chi connectivity index (χ1n) is 7.24. The number of nitrogens with one attached hydrogen (secondary N) is 1. The van der Waals surface area contributed by atoms with E-state index in [0.29, 0.717) is 6.54 Å². The largest absolute Gasteiger partial charge is 0.508 e. The maximum Gasteiger partial charge on any atom is 0.223 e. The number of thiazole rings is 1. The second-order valence-corrected chi connectivity index (χ2v) is 6.28. The summed E-state index contributed by atoms with van der Waals surface area (Å²) >= 11 is 1.60. The van der Waals surface area contributed by atoms with Crippen LogP contribution >= 0.6 is 11.3 Å². The number of hydrogen-bond acceptors (Lipinski definition) is 4. The lowest BCUT2D eigenvalue weighted by Crippen LogP contribution is -2.35. The molecule has 0 radical (unpaired) electrons. The van der Waals surface area contributed by atoms with E-state index in [2.05, 4.69) is 10.3 Å². The molecule has 2 N–H and O–H groups in total. The zero-order chi connectivity index (χ0) is 14.7. The SMILES string of the molecule is O=C(NCCc1nc(-c2ccc(O)cc2)cs1)C1CCC1. The van der Waals surface area contributed by atoms with Gasteiger partial charge in [0, 0.05) is 29.8 Å². The van der Waals surface area contributed by atoms with Crippen LogP contribution in [0.25, 0.3) is 11.3 Å². The summed E-state index contributed by atoms with van der Waals surface area (Å²) in [7, 11) is 0. The zero-order valence-electron chi connectivity index (χ0n) is 11.7. The highest BCUT2D eigenvalue weighted by Gasteiger charge is 2.24. The van der Waals surface area contributed by atoms with E-state index in [1.165, 1.54) is 6.42 Å². The Morgan fingerprint density at radius 2 is 2.10 bits per heavy atom. The molecule has 0 unspecified atom stereocenters. The summed E-state index contributed by atoms with van der Waals surface area (Å²) in [6, 6.07) is 7.03. The number of benzene rings is 1. The molecular formula is C16H18N2O2S. The first-order valence-corrected chi connectivity index (χ1v) is 8.12. The van der Waals surface area contributed by atoms with Crippen molar-refractivity contribution in [1.29, 1.82) is 0 Å². The van der Waals surface area contributed by atoms with Gasteiger partial charge >= 0.3 is 0 Å². The molecule has 1 heterocycles. The first kappa shape index (κ1) is 14.1. The van der Waals surface area contributed by atoms with Crippen LogP contribution in [0.3, 0.4) is 0 Å². The molecule has 5 heteroatoms. The quantitative estimate of drug-likeness (QED) is 0.892. The lowest BCUT2D eigenvalue weighted by Gasteiger charge is -2.23. The van der Waals surface area contributed by atoms with E-state index in [4.69, 9.17) is 0 Å². The van der Waals surface area contributed by atoms with Crippen molar-refractivity contribution in [1.82, 2.24) is 10.3 Å². The molecule has 0 spiro atoms. The normalized spacial score (nSPS) is 14.7. The number of carbonyl (C=O) groups is 1. The van der Waals surface area contributed by atoms with Gasteiger partial charge in [0.05, 0.1) is 10.7 Å². The van der Waals surface area contributed by atoms with E-state index in [1.54, 1.807) is 23.5 Å². The Morgan fingerprint density at radius 1 is 1.33 bits per heavy atom. The fraction of sp³-hybridized carbons (Fsp3) is 0.375. The van der Waals surface area contributed by atoms with Crippen molar-refractivity contribution < 1.29 is 9.90 Å². The Kier molecular flexibility index (Phi) is 4.20. The molecule has 1 amide bonds. The summed E-state index contributed by atoms with van der Waals surface area (Å²) in [5, 5.41) is 15.3. The van der Waals surface area contributed by atoms with Crippen molar-refractivity contribution >= 4 is 17.2 Å². The van der Waals surface area contributed by atoms with Gasteiger partial charge in [-0.1, -0.05) is 6.42 Å². The van der Waals surface area contributed by atoms with Gasteiger partial charge in [0.25, 0.3) is 0 Å². The van der Waals surface area contributed by atoms with E-state index in [0.717, 1.165) is 35.5 Å². The van der Waals surface area contributed by atoms with Crippen LogP contribution in [0.5, 0.6) is 5.75 Å². The summed E-state index contributed by atoms with van der Waals surface area (Å²) in [5.74, 6) is 0.693. The third-order valence-corrected chi connectivity index (χ3v) is 4.74. The van der Waals surface area contributed by atoms with Crippen molar-refractivity contribution in [2.75, 3.05) is 6.54 Å². The van der Waals surface area contributed by atoms with E-state index in [9.17, 15) is 9.90 Å². The highest BCUT2D eigenvalue weighted by Crippen LogP contribution is 2.26. The smallest absolute Gasteiger partial charge is 0.223 e. The van der Waals surface area contributed by atoms with E-state index in [1.807, 2.05) is 17.5 Å². The monoisotopic (exact) mass is 302 g/mol. The maximum absolute atomic E-state index is 11.7. The molecule has 0 bridgehead atoms. The van der Waals surface area contributed by atoms with Crippen molar-refractivity contribution in [2.24, 2.45) is 5.92 Å². The van der Waals surface area contributed by atoms with Crippen LogP contribution in [-0.4, -0.2) is 22.5 Å². The molecule has 1 aliphatic rings. The number of aromatic nitrogens is 1. The Bertz CT molecular complexity index is 617. The van der Waals surface area contributed by atoms with E-state index in [-0.39, 0.29) is 17.6 Å². The number of amides is 1. The van der Waals surface area contributed by atoms with Gasteiger partial charge in [0.1, 0.15) is 5.75 Å². The number of phenolic OH excluding ortho intramolecular Hbond substituents is 1. The van der Waals surface area contributed by atoms with E-state index < -0.39 is 0 Å². The number of rotatable bonds is 5. The lowest BCUT2D eigenvalue weighted by atomic mass is 9.85. The minimum Gasteiger partial charge on any atom is -0.508 e. The zero-order valence-corrected chi connectivity index (χ0v) is 12.5. The van der Waals surface area contributed by atoms with Gasteiger partial charge in [-0.15, -0.1) is 11.3 Å². The van der Waals surface area contributed by atoms with Crippen molar-refractivity contribution in [3.05, 3.63) is 34.7 Å². The molecule has 0 atom stereocenters. The molecule has 0 saturated heterocycles. The van der Waals surface area contributed by atoms with Gasteiger partial charge < -0.3 is 10.4 Å². The van der Waals surface area contributed by atoms with Gasteiger partial charge in [-0.05, 0) is 37.1 Å². The molecule has 3 rings (SSSR count). The van der Waals surface area contributed by atoms with Crippen LogP contribution in [0.2, 0.25) is 0 Å². The molecule has 0 aliphatic heterocycles. The third kappa shape index (κ3) is 3.42. The van der Waals surface area contributed by atoms with Crippen molar-refractivity contribution in [3.8, 4) is 17.0 Å². The average Bonchev–Trinajstić information content (AvgIpc) is 2.86. The molecule has 1 aromatic carbocycles. The molecule has 2 aromatic rings. The average molecular weight is 302 g/mol. The van der Waals surface area contributed by atoms with Crippen LogP contribution in [0.1, 0.15) is 24.3 Å². The summed E-state index contributed by atoms with van der Waals surface area (Å²) in [6.07, 6.45) is 4.02. The second kappa shape index (κ2) is 6.26. The van der Waals surface area contributed by atoms with Crippen LogP contribution < -0.4 is 5.32 Å². The predicted octanol–water partition coefficient (Wildman–Crippen LogP) is 2.97. The molecule has 110 valence electrons. The fourth-order valence-electron chi connectivity index (χ4n) is 2.30. The molecule has 1 aliphatic carbocycles. The number of hydrogen-bond donors (Lipinski definition) is 2. The number of aromatic hydroxyl groups is 1. The lowest BCUT2D eigenvalue weighted by molar-refractivity contribution is -0.127. The molecule has 4 nitrogen and oxygen atoms in total. The van der Waals surface area contributed by atoms with Crippen LogP contribution in [0, 0.1) is 5.92 Å². The van der Waals surface area contributed by atoms with Crippen LogP contribution in [0.15, 0.2) is 29.6 Å². The minimum atomic E-state index is 0.191. The highest BCUT2D eigenvalue weighted by molar-refractivity contribution is 7.09. The summed E-state index contributed by atoms with van der Waals surface area (Å²) in [6.45, 7) is 0.651. The van der Waals surface area contributed by atoms with E-state index >= 15 is 0 Å². The third-order valence-electron chi connectivity index (χ3n) is 3.83. The number of phenols is 1. The summed E-state index contributed by atoms with van der Waals surface area (Å²) < 4.78 is 0. The standard InChI is InChI=1S/C16H18N2O2S/c19-13-6-4-11(5-7-13)14-10-21-15(18-14)8-9-17-16(20)12-2-1-3-12/h4-7,10,12,19H,1-3,8-9H2,(H,17,20). The van der Waals surface area contributed by atoms with Gasteiger partial charge in [0.15, 0.2) is 0 Å². The Balaban J connectivity index is 1.52. The van der Waals surface area contributed by atoms with Crippen LogP contribution in [-0.2, 0) is 11.2 Å². The van der Waals surface area contributed by atoms with Crippen molar-refractivity contribution in [2.45, 2.75) is 25.7 Å².